The summed E-state index contributed by atoms with van der Waals surface area (Å²) in [5, 5.41) is 0.735. The maximum absolute atomic E-state index is 14.2. The number of esters is 1. The van der Waals surface area contributed by atoms with E-state index in [-0.39, 0.29) is 11.8 Å². The van der Waals surface area contributed by atoms with Crippen molar-refractivity contribution < 1.29 is 18.7 Å². The van der Waals surface area contributed by atoms with Gasteiger partial charge in [-0.05, 0) is 62.3 Å². The van der Waals surface area contributed by atoms with Gasteiger partial charge >= 0.3 is 5.97 Å². The fourth-order valence-electron chi connectivity index (χ4n) is 4.65. The van der Waals surface area contributed by atoms with E-state index in [1.165, 1.54) is 12.3 Å². The van der Waals surface area contributed by atoms with Gasteiger partial charge in [-0.2, -0.15) is 4.39 Å². The van der Waals surface area contributed by atoms with Crippen LogP contribution in [0.3, 0.4) is 0 Å². The third-order valence-electron chi connectivity index (χ3n) is 7.54. The van der Waals surface area contributed by atoms with Crippen molar-refractivity contribution in [1.82, 2.24) is 19.4 Å². The minimum absolute atomic E-state index is 0.0312. The van der Waals surface area contributed by atoms with E-state index in [2.05, 4.69) is 4.98 Å². The molecule has 0 radical (unpaired) electrons. The first kappa shape index (κ1) is 31.5. The van der Waals surface area contributed by atoms with Crippen LogP contribution in [-0.4, -0.2) is 65.0 Å². The number of carbonyl (C=O) groups excluding carboxylic acids is 2. The summed E-state index contributed by atoms with van der Waals surface area (Å²) in [5.74, 6) is -1.27. The number of likely N-dealkylation sites (N-methyl/N-ethyl adjacent to an activating group) is 2. The Morgan fingerprint density at radius 2 is 1.84 bits per heavy atom. The Bertz CT molecular complexity index is 1630. The van der Waals surface area contributed by atoms with Crippen molar-refractivity contribution in [2.75, 3.05) is 32.6 Å². The number of hydrogen-bond acceptors (Lipinski definition) is 7. The van der Waals surface area contributed by atoms with Crippen LogP contribution in [0.15, 0.2) is 73.2 Å². The van der Waals surface area contributed by atoms with Crippen molar-refractivity contribution >= 4 is 28.6 Å². The first-order valence-electron chi connectivity index (χ1n) is 14.3. The van der Waals surface area contributed by atoms with Crippen LogP contribution in [0.4, 0.5) is 10.1 Å². The van der Waals surface area contributed by atoms with Gasteiger partial charge in [-0.25, -0.2) is 9.97 Å². The Kier molecular flexibility index (Phi) is 10.1. The van der Waals surface area contributed by atoms with Gasteiger partial charge in [-0.3, -0.25) is 14.2 Å². The highest BCUT2D eigenvalue weighted by molar-refractivity contribution is 6.01. The van der Waals surface area contributed by atoms with E-state index in [0.29, 0.717) is 23.3 Å². The SMILES string of the molecule is CCC(C)C(N)C(=O)OC(C)n1cc(-c2ccnc(F)c2)c2cc(-c3cccc(N(C)C(=O)/C=C/CN(C)C)c3)cnc21. The van der Waals surface area contributed by atoms with Gasteiger partial charge in [0.1, 0.15) is 11.7 Å². The minimum atomic E-state index is -0.747. The van der Waals surface area contributed by atoms with Gasteiger partial charge in [0.15, 0.2) is 6.23 Å². The molecule has 0 saturated carbocycles. The molecule has 0 bridgehead atoms. The molecule has 0 saturated heterocycles. The molecule has 2 N–H and O–H groups in total. The van der Waals surface area contributed by atoms with E-state index >= 15 is 0 Å². The van der Waals surface area contributed by atoms with E-state index in [4.69, 9.17) is 15.5 Å². The highest BCUT2D eigenvalue weighted by Crippen LogP contribution is 2.35. The standard InChI is InChI=1S/C33H39FN6O3/c1-7-21(2)31(35)33(42)43-22(3)40-20-28(24-13-14-36-29(34)18-24)27-17-25(19-37-32(27)40)23-10-8-11-26(16-23)39(6)30(41)12-9-15-38(4)5/h8-14,16-22,31H,7,15,35H2,1-6H3/b12-9+. The molecule has 0 aliphatic rings. The number of fused-ring (bicyclic) bond motifs is 1. The van der Waals surface area contributed by atoms with Gasteiger partial charge < -0.3 is 20.3 Å². The van der Waals surface area contributed by atoms with Crippen molar-refractivity contribution in [3.05, 3.63) is 79.2 Å². The summed E-state index contributed by atoms with van der Waals surface area (Å²) in [6.45, 7) is 6.29. The van der Waals surface area contributed by atoms with Crippen LogP contribution in [0, 0.1) is 11.9 Å². The maximum Gasteiger partial charge on any atom is 0.325 e. The topological polar surface area (TPSA) is 107 Å². The molecular weight excluding hydrogens is 547 g/mol. The fraction of sp³-hybridized carbons (Fsp3) is 0.333. The average molecular weight is 587 g/mol. The molecule has 43 heavy (non-hydrogen) atoms. The van der Waals surface area contributed by atoms with Crippen molar-refractivity contribution in [2.24, 2.45) is 11.7 Å². The molecule has 1 aromatic carbocycles. The van der Waals surface area contributed by atoms with Gasteiger partial charge in [0, 0.05) is 66.5 Å². The molecule has 0 aliphatic carbocycles. The smallest absolute Gasteiger partial charge is 0.325 e. The van der Waals surface area contributed by atoms with E-state index in [1.807, 2.05) is 69.3 Å². The van der Waals surface area contributed by atoms with E-state index in [9.17, 15) is 14.0 Å². The molecule has 1 amide bonds. The van der Waals surface area contributed by atoms with Gasteiger partial charge in [0.05, 0.1) is 0 Å². The molecular formula is C33H39FN6O3. The second-order valence-corrected chi connectivity index (χ2v) is 11.0. The zero-order valence-corrected chi connectivity index (χ0v) is 25.5. The molecule has 10 heteroatoms. The number of hydrogen-bond donors (Lipinski definition) is 1. The summed E-state index contributed by atoms with van der Waals surface area (Å²) in [5.41, 5.74) is 10.4. The number of rotatable bonds is 11. The Morgan fingerprint density at radius 1 is 1.07 bits per heavy atom. The average Bonchev–Trinajstić information content (AvgIpc) is 3.38. The number of amides is 1. The number of pyridine rings is 2. The molecule has 4 rings (SSSR count). The van der Waals surface area contributed by atoms with Crippen molar-refractivity contribution in [3.63, 3.8) is 0 Å². The Hall–Kier alpha value is -4.41. The summed E-state index contributed by atoms with van der Waals surface area (Å²) in [4.78, 5) is 37.5. The lowest BCUT2D eigenvalue weighted by Gasteiger charge is -2.21. The van der Waals surface area contributed by atoms with Crippen molar-refractivity contribution in [1.29, 1.82) is 0 Å². The van der Waals surface area contributed by atoms with E-state index in [1.54, 1.807) is 48.0 Å². The zero-order chi connectivity index (χ0) is 31.3. The van der Waals surface area contributed by atoms with Crippen LogP contribution in [0.2, 0.25) is 0 Å². The van der Waals surface area contributed by atoms with Gasteiger partial charge in [0.2, 0.25) is 11.9 Å². The van der Waals surface area contributed by atoms with Crippen LogP contribution in [0.25, 0.3) is 33.3 Å². The minimum Gasteiger partial charge on any atom is -0.440 e. The number of carbonyl (C=O) groups is 2. The number of aromatic nitrogens is 3. The Balaban J connectivity index is 1.73. The van der Waals surface area contributed by atoms with Crippen LogP contribution < -0.4 is 10.6 Å². The molecule has 0 fully saturated rings. The highest BCUT2D eigenvalue weighted by Gasteiger charge is 2.25. The van der Waals surface area contributed by atoms with Crippen molar-refractivity contribution in [3.8, 4) is 22.3 Å². The molecule has 4 aromatic rings. The predicted octanol–water partition coefficient (Wildman–Crippen LogP) is 5.42. The first-order chi connectivity index (χ1) is 20.5. The number of nitrogens with zero attached hydrogens (tertiary/aromatic N) is 5. The Morgan fingerprint density at radius 3 is 2.53 bits per heavy atom. The van der Waals surface area contributed by atoms with Crippen LogP contribution in [0.1, 0.15) is 33.4 Å². The highest BCUT2D eigenvalue weighted by atomic mass is 19.1. The molecule has 0 spiro atoms. The lowest BCUT2D eigenvalue weighted by Crippen LogP contribution is -2.38. The van der Waals surface area contributed by atoms with Crippen LogP contribution in [0.5, 0.6) is 0 Å². The first-order valence-corrected chi connectivity index (χ1v) is 14.3. The van der Waals surface area contributed by atoms with Crippen molar-refractivity contribution in [2.45, 2.75) is 39.5 Å². The maximum atomic E-state index is 14.2. The molecule has 9 nitrogen and oxygen atoms in total. The fourth-order valence-corrected chi connectivity index (χ4v) is 4.65. The molecule has 3 unspecified atom stereocenters. The number of ether oxygens (including phenoxy) is 1. The third kappa shape index (κ3) is 7.33. The third-order valence-corrected chi connectivity index (χ3v) is 7.54. The lowest BCUT2D eigenvalue weighted by molar-refractivity contribution is -0.155. The number of benzene rings is 1. The molecule has 226 valence electrons. The van der Waals surface area contributed by atoms with Gasteiger partial charge in [-0.1, -0.05) is 38.5 Å². The zero-order valence-electron chi connectivity index (χ0n) is 25.5. The summed E-state index contributed by atoms with van der Waals surface area (Å²) in [7, 11) is 5.61. The second kappa shape index (κ2) is 13.7. The molecule has 3 atom stereocenters. The molecule has 3 aromatic heterocycles. The number of anilines is 1. The largest absolute Gasteiger partial charge is 0.440 e. The van der Waals surface area contributed by atoms with Gasteiger partial charge in [-0.15, -0.1) is 0 Å². The molecule has 3 heterocycles. The summed E-state index contributed by atoms with van der Waals surface area (Å²) in [6, 6.07) is 11.9. The van der Waals surface area contributed by atoms with Crippen LogP contribution in [-0.2, 0) is 14.3 Å². The van der Waals surface area contributed by atoms with E-state index in [0.717, 1.165) is 28.6 Å². The number of nitrogens with two attached hydrogens (primary N) is 1. The monoisotopic (exact) mass is 586 g/mol. The van der Waals surface area contributed by atoms with Crippen LogP contribution >= 0.6 is 0 Å². The number of halogens is 1. The normalized spacial score (nSPS) is 13.8. The predicted molar refractivity (Wildman–Crippen MR) is 168 cm³/mol. The summed E-state index contributed by atoms with van der Waals surface area (Å²) < 4.78 is 21.7. The lowest BCUT2D eigenvalue weighted by atomic mass is 10.0. The van der Waals surface area contributed by atoms with E-state index < -0.39 is 24.2 Å². The summed E-state index contributed by atoms with van der Waals surface area (Å²) >= 11 is 0. The van der Waals surface area contributed by atoms with Gasteiger partial charge in [0.25, 0.3) is 0 Å². The Labute approximate surface area is 251 Å². The summed E-state index contributed by atoms with van der Waals surface area (Å²) in [6.07, 6.45) is 8.35. The second-order valence-electron chi connectivity index (χ2n) is 11.0. The molecule has 0 aliphatic heterocycles. The quantitative estimate of drug-likeness (QED) is 0.142.